The average Bonchev–Trinajstić information content (AvgIpc) is 3.20. The lowest BCUT2D eigenvalue weighted by atomic mass is 9.84. The maximum Gasteiger partial charge on any atom is 0.191 e. The lowest BCUT2D eigenvalue weighted by Crippen LogP contribution is -2.62. The molecule has 146 valence electrons. The average molecular weight is 378 g/mol. The molecule has 1 aromatic rings. The van der Waals surface area contributed by atoms with Gasteiger partial charge in [-0.25, -0.2) is 4.99 Å². The van der Waals surface area contributed by atoms with E-state index in [-0.39, 0.29) is 5.54 Å². The predicted molar refractivity (Wildman–Crippen MR) is 112 cm³/mol. The molecule has 0 unspecified atom stereocenters. The summed E-state index contributed by atoms with van der Waals surface area (Å²) < 4.78 is 0. The maximum absolute atomic E-state index is 4.81. The lowest BCUT2D eigenvalue weighted by molar-refractivity contribution is 0.0173. The Morgan fingerprint density at radius 2 is 1.92 bits per heavy atom. The Morgan fingerprint density at radius 1 is 1.15 bits per heavy atom. The standard InChI is InChI=1S/C20H35N5S/c1-3-21-19(22-16-18-8-7-15-26-18)23-17-20(9-13-24(2)14-10-20)25-11-5-4-6-12-25/h7-8,15H,3-6,9-14,16-17H2,1-2H3,(H2,21,22,23). The molecule has 0 aliphatic carbocycles. The van der Waals surface area contributed by atoms with Gasteiger partial charge in [0.25, 0.3) is 0 Å². The van der Waals surface area contributed by atoms with E-state index in [0.29, 0.717) is 0 Å². The second kappa shape index (κ2) is 9.72. The first-order valence-corrected chi connectivity index (χ1v) is 11.1. The highest BCUT2D eigenvalue weighted by atomic mass is 32.1. The van der Waals surface area contributed by atoms with Crippen LogP contribution in [0.1, 0.15) is 43.9 Å². The highest BCUT2D eigenvalue weighted by Crippen LogP contribution is 2.30. The SMILES string of the molecule is CCNC(=NCc1cccs1)NCC1(N2CCCCC2)CCN(C)CC1. The Balaban J connectivity index is 1.65. The molecule has 2 fully saturated rings. The summed E-state index contributed by atoms with van der Waals surface area (Å²) in [6.45, 7) is 9.70. The van der Waals surface area contributed by atoms with Gasteiger partial charge in [0.1, 0.15) is 0 Å². The number of nitrogens with one attached hydrogen (secondary N) is 2. The van der Waals surface area contributed by atoms with E-state index in [2.05, 4.69) is 51.9 Å². The van der Waals surface area contributed by atoms with Gasteiger partial charge in [0.2, 0.25) is 0 Å². The van der Waals surface area contributed by atoms with Crippen LogP contribution in [0.4, 0.5) is 0 Å². The van der Waals surface area contributed by atoms with Crippen LogP contribution in [0.5, 0.6) is 0 Å². The first-order chi connectivity index (χ1) is 12.7. The molecule has 2 aliphatic heterocycles. The van der Waals surface area contributed by atoms with Crippen LogP contribution in [0.15, 0.2) is 22.5 Å². The molecule has 0 radical (unpaired) electrons. The Labute approximate surface area is 162 Å². The molecule has 0 aromatic carbocycles. The molecule has 0 spiro atoms. The number of thiophene rings is 1. The molecule has 5 nitrogen and oxygen atoms in total. The summed E-state index contributed by atoms with van der Waals surface area (Å²) in [4.78, 5) is 11.4. The van der Waals surface area contributed by atoms with Crippen LogP contribution in [-0.4, -0.2) is 67.6 Å². The summed E-state index contributed by atoms with van der Waals surface area (Å²) in [7, 11) is 2.25. The van der Waals surface area contributed by atoms with Gasteiger partial charge in [-0.2, -0.15) is 0 Å². The Bertz CT molecular complexity index is 543. The van der Waals surface area contributed by atoms with E-state index in [4.69, 9.17) is 4.99 Å². The normalized spacial score (nSPS) is 22.3. The second-order valence-electron chi connectivity index (χ2n) is 7.70. The molecule has 2 aliphatic rings. The molecular formula is C20H35N5S. The topological polar surface area (TPSA) is 42.9 Å². The van der Waals surface area contributed by atoms with E-state index in [1.54, 1.807) is 11.3 Å². The monoisotopic (exact) mass is 377 g/mol. The zero-order valence-electron chi connectivity index (χ0n) is 16.5. The second-order valence-corrected chi connectivity index (χ2v) is 8.74. The Morgan fingerprint density at radius 3 is 2.58 bits per heavy atom. The van der Waals surface area contributed by atoms with Crippen molar-refractivity contribution in [2.45, 2.75) is 51.1 Å². The fourth-order valence-electron chi connectivity index (χ4n) is 4.16. The number of guanidine groups is 1. The van der Waals surface area contributed by atoms with Crippen LogP contribution < -0.4 is 10.6 Å². The van der Waals surface area contributed by atoms with E-state index < -0.39 is 0 Å². The molecule has 0 saturated carbocycles. The summed E-state index contributed by atoms with van der Waals surface area (Å²) in [6, 6.07) is 4.25. The number of rotatable bonds is 6. The van der Waals surface area contributed by atoms with E-state index in [1.165, 1.54) is 63.2 Å². The molecule has 2 N–H and O–H groups in total. The zero-order valence-corrected chi connectivity index (χ0v) is 17.3. The smallest absolute Gasteiger partial charge is 0.191 e. The third-order valence-electron chi connectivity index (χ3n) is 5.85. The molecule has 1 aromatic heterocycles. The van der Waals surface area contributed by atoms with Crippen molar-refractivity contribution in [3.8, 4) is 0 Å². The van der Waals surface area contributed by atoms with Gasteiger partial charge in [0.05, 0.1) is 6.54 Å². The van der Waals surface area contributed by atoms with E-state index in [0.717, 1.165) is 25.6 Å². The predicted octanol–water partition coefficient (Wildman–Crippen LogP) is 2.75. The Kier molecular flexibility index (Phi) is 7.34. The van der Waals surface area contributed by atoms with Crippen LogP contribution in [0.25, 0.3) is 0 Å². The molecule has 2 saturated heterocycles. The minimum Gasteiger partial charge on any atom is -0.357 e. The minimum absolute atomic E-state index is 0.284. The number of nitrogens with zero attached hydrogens (tertiary/aromatic N) is 3. The van der Waals surface area contributed by atoms with Crippen LogP contribution in [-0.2, 0) is 6.54 Å². The molecule has 0 bridgehead atoms. The van der Waals surface area contributed by atoms with E-state index in [9.17, 15) is 0 Å². The molecule has 3 rings (SSSR count). The van der Waals surface area contributed by atoms with Gasteiger partial charge in [-0.15, -0.1) is 11.3 Å². The number of piperidine rings is 2. The van der Waals surface area contributed by atoms with Crippen molar-refractivity contribution in [1.82, 2.24) is 20.4 Å². The van der Waals surface area contributed by atoms with Gasteiger partial charge in [-0.05, 0) is 77.3 Å². The third kappa shape index (κ3) is 5.21. The molecule has 3 heterocycles. The summed E-state index contributed by atoms with van der Waals surface area (Å²) in [5.41, 5.74) is 0.284. The highest BCUT2D eigenvalue weighted by molar-refractivity contribution is 7.09. The first kappa shape index (κ1) is 19.6. The molecule has 26 heavy (non-hydrogen) atoms. The Hall–Kier alpha value is -1.11. The molecule has 0 amide bonds. The van der Waals surface area contributed by atoms with Crippen LogP contribution in [0, 0.1) is 0 Å². The summed E-state index contributed by atoms with van der Waals surface area (Å²) in [5.74, 6) is 0.955. The molecule has 6 heteroatoms. The number of aliphatic imine (C=N–C) groups is 1. The van der Waals surface area contributed by atoms with Crippen molar-refractivity contribution >= 4 is 17.3 Å². The van der Waals surface area contributed by atoms with Gasteiger partial charge in [-0.3, -0.25) is 4.90 Å². The number of hydrogen-bond acceptors (Lipinski definition) is 4. The first-order valence-electron chi connectivity index (χ1n) is 10.2. The number of hydrogen-bond donors (Lipinski definition) is 2. The lowest BCUT2D eigenvalue weighted by Gasteiger charge is -2.50. The van der Waals surface area contributed by atoms with Crippen molar-refractivity contribution in [2.24, 2.45) is 4.99 Å². The van der Waals surface area contributed by atoms with E-state index >= 15 is 0 Å². The van der Waals surface area contributed by atoms with Crippen molar-refractivity contribution in [2.75, 3.05) is 46.3 Å². The fraction of sp³-hybridized carbons (Fsp3) is 0.750. The van der Waals surface area contributed by atoms with Crippen LogP contribution in [0.2, 0.25) is 0 Å². The van der Waals surface area contributed by atoms with Gasteiger partial charge in [0, 0.05) is 23.5 Å². The molecule has 0 atom stereocenters. The van der Waals surface area contributed by atoms with Crippen LogP contribution in [0.3, 0.4) is 0 Å². The maximum atomic E-state index is 4.81. The van der Waals surface area contributed by atoms with E-state index in [1.807, 2.05) is 0 Å². The highest BCUT2D eigenvalue weighted by Gasteiger charge is 2.39. The third-order valence-corrected chi connectivity index (χ3v) is 6.71. The summed E-state index contributed by atoms with van der Waals surface area (Å²) in [5, 5.41) is 9.24. The van der Waals surface area contributed by atoms with Crippen molar-refractivity contribution in [3.05, 3.63) is 22.4 Å². The largest absolute Gasteiger partial charge is 0.357 e. The molecular weight excluding hydrogens is 342 g/mol. The van der Waals surface area contributed by atoms with Crippen molar-refractivity contribution < 1.29 is 0 Å². The van der Waals surface area contributed by atoms with Crippen molar-refractivity contribution in [1.29, 1.82) is 0 Å². The fourth-order valence-corrected chi connectivity index (χ4v) is 4.79. The van der Waals surface area contributed by atoms with Crippen LogP contribution >= 0.6 is 11.3 Å². The number of likely N-dealkylation sites (tertiary alicyclic amines) is 2. The van der Waals surface area contributed by atoms with Gasteiger partial charge >= 0.3 is 0 Å². The minimum atomic E-state index is 0.284. The van der Waals surface area contributed by atoms with Crippen molar-refractivity contribution in [3.63, 3.8) is 0 Å². The zero-order chi connectivity index (χ0) is 18.2. The summed E-state index contributed by atoms with van der Waals surface area (Å²) in [6.07, 6.45) is 6.60. The summed E-state index contributed by atoms with van der Waals surface area (Å²) >= 11 is 1.77. The van der Waals surface area contributed by atoms with Gasteiger partial charge < -0.3 is 15.5 Å². The quantitative estimate of drug-likeness (QED) is 0.591. The van der Waals surface area contributed by atoms with Gasteiger partial charge in [-0.1, -0.05) is 12.5 Å². The van der Waals surface area contributed by atoms with Gasteiger partial charge in [0.15, 0.2) is 5.96 Å².